The zero-order valence-electron chi connectivity index (χ0n) is 11.9. The van der Waals surface area contributed by atoms with E-state index in [-0.39, 0.29) is 33.7 Å². The fourth-order valence-corrected chi connectivity index (χ4v) is 2.88. The number of amides is 1. The summed E-state index contributed by atoms with van der Waals surface area (Å²) in [6, 6.07) is 4.80. The molecule has 1 fully saturated rings. The van der Waals surface area contributed by atoms with Gasteiger partial charge in [0.15, 0.2) is 5.75 Å². The molecule has 2 rings (SSSR count). The molecule has 0 atom stereocenters. The zero-order chi connectivity index (χ0) is 14.4. The van der Waals surface area contributed by atoms with Gasteiger partial charge < -0.3 is 16.2 Å². The Hall–Kier alpha value is -1.71. The van der Waals surface area contributed by atoms with Crippen molar-refractivity contribution in [1.29, 1.82) is 0 Å². The minimum absolute atomic E-state index is 0.144. The smallest absolute Gasteiger partial charge is 0.255 e. The maximum Gasteiger partial charge on any atom is 0.255 e. The van der Waals surface area contributed by atoms with Crippen LogP contribution >= 0.6 is 0 Å². The van der Waals surface area contributed by atoms with Crippen molar-refractivity contribution in [2.45, 2.75) is 27.7 Å². The molecular weight excluding hydrogens is 240 g/mol. The van der Waals surface area contributed by atoms with E-state index in [9.17, 15) is 9.90 Å². The van der Waals surface area contributed by atoms with Gasteiger partial charge in [0.25, 0.3) is 5.91 Å². The first-order valence-electron chi connectivity index (χ1n) is 6.55. The Bertz CT molecular complexity index is 507. The number of phenolic OH excluding ortho intramolecular Hbond substituents is 1. The van der Waals surface area contributed by atoms with Gasteiger partial charge in [-0.15, -0.1) is 0 Å². The molecule has 104 valence electrons. The Morgan fingerprint density at radius 3 is 2.42 bits per heavy atom. The number of para-hydroxylation sites is 1. The van der Waals surface area contributed by atoms with Crippen molar-refractivity contribution in [2.24, 2.45) is 16.7 Å². The van der Waals surface area contributed by atoms with Crippen LogP contribution in [0.2, 0.25) is 0 Å². The van der Waals surface area contributed by atoms with Crippen LogP contribution in [0, 0.1) is 16.7 Å². The van der Waals surface area contributed by atoms with E-state index >= 15 is 0 Å². The number of phenols is 1. The quantitative estimate of drug-likeness (QED) is 0.578. The van der Waals surface area contributed by atoms with Crippen molar-refractivity contribution in [2.75, 3.05) is 12.3 Å². The number of nitrogens with two attached hydrogens (primary N) is 1. The van der Waals surface area contributed by atoms with Gasteiger partial charge in [-0.25, -0.2) is 0 Å². The summed E-state index contributed by atoms with van der Waals surface area (Å²) in [6.45, 7) is 9.46. The van der Waals surface area contributed by atoms with Gasteiger partial charge in [0.1, 0.15) is 0 Å². The highest BCUT2D eigenvalue weighted by atomic mass is 16.3. The third-order valence-electron chi connectivity index (χ3n) is 5.10. The van der Waals surface area contributed by atoms with Crippen molar-refractivity contribution in [1.82, 2.24) is 5.32 Å². The molecule has 4 heteroatoms. The van der Waals surface area contributed by atoms with Crippen molar-refractivity contribution in [3.05, 3.63) is 23.8 Å². The Morgan fingerprint density at radius 2 is 1.89 bits per heavy atom. The van der Waals surface area contributed by atoms with Crippen LogP contribution < -0.4 is 11.1 Å². The molecule has 0 aromatic heterocycles. The third kappa shape index (κ3) is 2.05. The molecule has 1 aromatic rings. The summed E-state index contributed by atoms with van der Waals surface area (Å²) in [5, 5.41) is 12.7. The van der Waals surface area contributed by atoms with E-state index < -0.39 is 0 Å². The number of hydrogen-bond acceptors (Lipinski definition) is 3. The van der Waals surface area contributed by atoms with Gasteiger partial charge in [0.05, 0.1) is 11.3 Å². The minimum atomic E-state index is -0.275. The van der Waals surface area contributed by atoms with Gasteiger partial charge in [-0.1, -0.05) is 33.8 Å². The topological polar surface area (TPSA) is 75.4 Å². The van der Waals surface area contributed by atoms with Crippen molar-refractivity contribution in [3.8, 4) is 5.75 Å². The minimum Gasteiger partial charge on any atom is -0.505 e. The van der Waals surface area contributed by atoms with Crippen LogP contribution in [0.3, 0.4) is 0 Å². The lowest BCUT2D eigenvalue weighted by molar-refractivity contribution is 0.0947. The summed E-state index contributed by atoms with van der Waals surface area (Å²) >= 11 is 0. The number of hydrogen-bond donors (Lipinski definition) is 3. The lowest BCUT2D eigenvalue weighted by Gasteiger charge is -2.09. The molecule has 0 bridgehead atoms. The highest BCUT2D eigenvalue weighted by Gasteiger charge is 2.64. The van der Waals surface area contributed by atoms with E-state index in [0.717, 1.165) is 0 Å². The number of carbonyl (C=O) groups excluding carboxylic acids is 1. The van der Waals surface area contributed by atoms with Gasteiger partial charge in [-0.05, 0) is 28.9 Å². The fraction of sp³-hybridized carbons (Fsp3) is 0.533. The van der Waals surface area contributed by atoms with Crippen LogP contribution in [0.25, 0.3) is 0 Å². The molecule has 0 aliphatic heterocycles. The summed E-state index contributed by atoms with van der Waals surface area (Å²) in [7, 11) is 0. The average Bonchev–Trinajstić information content (AvgIpc) is 2.70. The van der Waals surface area contributed by atoms with Gasteiger partial charge >= 0.3 is 0 Å². The highest BCUT2D eigenvalue weighted by Crippen LogP contribution is 2.67. The van der Waals surface area contributed by atoms with Gasteiger partial charge in [0.2, 0.25) is 0 Å². The molecule has 0 unspecified atom stereocenters. The van der Waals surface area contributed by atoms with Crippen LogP contribution in [0.1, 0.15) is 38.1 Å². The maximum absolute atomic E-state index is 12.0. The molecule has 1 saturated carbocycles. The molecule has 1 aliphatic rings. The summed E-state index contributed by atoms with van der Waals surface area (Å²) in [4.78, 5) is 12.0. The van der Waals surface area contributed by atoms with E-state index in [0.29, 0.717) is 12.5 Å². The standard InChI is InChI=1S/C15H22N2O2/c1-14(2)11(15(14,3)4)8-17-13(19)9-6-5-7-10(16)12(9)18/h5-7,11,18H,8,16H2,1-4H3,(H,17,19). The Morgan fingerprint density at radius 1 is 1.32 bits per heavy atom. The van der Waals surface area contributed by atoms with Crippen molar-refractivity contribution in [3.63, 3.8) is 0 Å². The first-order valence-corrected chi connectivity index (χ1v) is 6.55. The lowest BCUT2D eigenvalue weighted by atomic mass is 10.0. The number of benzene rings is 1. The molecule has 4 N–H and O–H groups in total. The molecule has 0 spiro atoms. The first kappa shape index (κ1) is 13.7. The Kier molecular flexibility index (Phi) is 3.00. The lowest BCUT2D eigenvalue weighted by Crippen LogP contribution is -2.27. The molecular formula is C15H22N2O2. The number of nitrogens with one attached hydrogen (secondary N) is 1. The molecule has 1 amide bonds. The van der Waals surface area contributed by atoms with E-state index in [2.05, 4.69) is 33.0 Å². The monoisotopic (exact) mass is 262 g/mol. The first-order chi connectivity index (χ1) is 8.69. The summed E-state index contributed by atoms with van der Waals surface area (Å²) < 4.78 is 0. The Balaban J connectivity index is 2.02. The molecule has 0 saturated heterocycles. The normalized spacial score (nSPS) is 20.0. The SMILES string of the molecule is CC1(C)C(CNC(=O)c2cccc(N)c2O)C1(C)C. The van der Waals surface area contributed by atoms with Crippen LogP contribution in [-0.4, -0.2) is 17.6 Å². The average molecular weight is 262 g/mol. The van der Waals surface area contributed by atoms with Crippen molar-refractivity contribution < 1.29 is 9.90 Å². The molecule has 1 aromatic carbocycles. The van der Waals surface area contributed by atoms with E-state index in [1.54, 1.807) is 18.2 Å². The Labute approximate surface area is 114 Å². The summed E-state index contributed by atoms with van der Waals surface area (Å²) in [6.07, 6.45) is 0. The second-order valence-corrected chi connectivity index (χ2v) is 6.45. The summed E-state index contributed by atoms with van der Waals surface area (Å²) in [5.74, 6) is 0.0322. The van der Waals surface area contributed by atoms with Crippen LogP contribution in [0.5, 0.6) is 5.75 Å². The molecule has 0 heterocycles. The number of rotatable bonds is 3. The molecule has 19 heavy (non-hydrogen) atoms. The van der Waals surface area contributed by atoms with Crippen molar-refractivity contribution >= 4 is 11.6 Å². The summed E-state index contributed by atoms with van der Waals surface area (Å²) in [5.41, 5.74) is 6.51. The third-order valence-corrected chi connectivity index (χ3v) is 5.10. The largest absolute Gasteiger partial charge is 0.505 e. The predicted molar refractivity (Wildman–Crippen MR) is 75.9 cm³/mol. The zero-order valence-corrected chi connectivity index (χ0v) is 11.9. The molecule has 0 radical (unpaired) electrons. The van der Waals surface area contributed by atoms with Crippen LogP contribution in [-0.2, 0) is 0 Å². The maximum atomic E-state index is 12.0. The van der Waals surface area contributed by atoms with E-state index in [4.69, 9.17) is 5.73 Å². The van der Waals surface area contributed by atoms with Crippen LogP contribution in [0.4, 0.5) is 5.69 Å². The van der Waals surface area contributed by atoms with Gasteiger partial charge in [-0.2, -0.15) is 0 Å². The van der Waals surface area contributed by atoms with Gasteiger partial charge in [0, 0.05) is 6.54 Å². The van der Waals surface area contributed by atoms with E-state index in [1.165, 1.54) is 0 Å². The molecule has 1 aliphatic carbocycles. The number of anilines is 1. The van der Waals surface area contributed by atoms with Crippen LogP contribution in [0.15, 0.2) is 18.2 Å². The second-order valence-electron chi connectivity index (χ2n) is 6.45. The fourth-order valence-electron chi connectivity index (χ4n) is 2.88. The van der Waals surface area contributed by atoms with E-state index in [1.807, 2.05) is 0 Å². The molecule has 4 nitrogen and oxygen atoms in total. The number of aromatic hydroxyl groups is 1. The predicted octanol–water partition coefficient (Wildman–Crippen LogP) is 2.39. The number of carbonyl (C=O) groups is 1. The number of nitrogen functional groups attached to an aromatic ring is 1. The van der Waals surface area contributed by atoms with Gasteiger partial charge in [-0.3, -0.25) is 4.79 Å². The second kappa shape index (κ2) is 4.15. The highest BCUT2D eigenvalue weighted by molar-refractivity contribution is 5.98.